The third-order valence-corrected chi connectivity index (χ3v) is 5.54. The second-order valence-corrected chi connectivity index (χ2v) is 6.96. The summed E-state index contributed by atoms with van der Waals surface area (Å²) in [7, 11) is 3.62. The highest BCUT2D eigenvalue weighted by atomic mass is 16.5. The summed E-state index contributed by atoms with van der Waals surface area (Å²) < 4.78 is 5.46. The summed E-state index contributed by atoms with van der Waals surface area (Å²) in [5.74, 6) is 0.716. The quantitative estimate of drug-likeness (QED) is 0.818. The van der Waals surface area contributed by atoms with Gasteiger partial charge in [-0.05, 0) is 44.7 Å². The predicted molar refractivity (Wildman–Crippen MR) is 108 cm³/mol. The van der Waals surface area contributed by atoms with Crippen LogP contribution in [0.25, 0.3) is 16.5 Å². The second-order valence-electron chi connectivity index (χ2n) is 6.96. The highest BCUT2D eigenvalue weighted by Crippen LogP contribution is 2.36. The van der Waals surface area contributed by atoms with Crippen molar-refractivity contribution in [2.24, 2.45) is 5.92 Å². The summed E-state index contributed by atoms with van der Waals surface area (Å²) in [6.07, 6.45) is 3.93. The molecule has 1 aliphatic rings. The van der Waals surface area contributed by atoms with Gasteiger partial charge in [-0.2, -0.15) is 0 Å². The fraction of sp³-hybridized carbons (Fsp3) is 0.476. The molecule has 2 atom stereocenters. The topological polar surface area (TPSA) is 68.8 Å². The lowest BCUT2D eigenvalue weighted by molar-refractivity contribution is -0.134. The molecule has 1 aromatic carbocycles. The normalized spacial score (nSPS) is 20.6. The van der Waals surface area contributed by atoms with Crippen LogP contribution in [0.3, 0.4) is 0 Å². The van der Waals surface area contributed by atoms with Crippen molar-refractivity contribution in [3.63, 3.8) is 0 Å². The predicted octanol–water partition coefficient (Wildman–Crippen LogP) is 2.35. The largest absolute Gasteiger partial charge is 0.496 e. The number of ether oxygens (including phenoxy) is 1. The zero-order valence-corrected chi connectivity index (χ0v) is 16.5. The van der Waals surface area contributed by atoms with Crippen molar-refractivity contribution in [2.75, 3.05) is 40.4 Å². The average molecular weight is 371 g/mol. The van der Waals surface area contributed by atoms with E-state index in [9.17, 15) is 9.90 Å². The Balaban J connectivity index is 2.10. The van der Waals surface area contributed by atoms with Gasteiger partial charge in [0, 0.05) is 36.8 Å². The standard InChI is InChI=1S/C21H29N3O3/c1-5-24(6-2)21(26)14-11-17(18(13-25)23(3)12-14)15-7-8-19(27-4)16-9-10-22-20(15)16/h7-11,14,18,22,25H,5-6,12-13H2,1-4H3/t14?,18-/m0/s1. The van der Waals surface area contributed by atoms with E-state index in [0.29, 0.717) is 19.6 Å². The minimum atomic E-state index is -0.222. The maximum atomic E-state index is 13.0. The molecule has 146 valence electrons. The van der Waals surface area contributed by atoms with Gasteiger partial charge in [0.05, 0.1) is 31.2 Å². The number of carbonyl (C=O) groups excluding carboxylic acids is 1. The van der Waals surface area contributed by atoms with Gasteiger partial charge >= 0.3 is 0 Å². The first-order valence-corrected chi connectivity index (χ1v) is 9.51. The second kappa shape index (κ2) is 8.15. The maximum Gasteiger partial charge on any atom is 0.230 e. The van der Waals surface area contributed by atoms with Crippen molar-refractivity contribution < 1.29 is 14.6 Å². The Morgan fingerprint density at radius 3 is 2.70 bits per heavy atom. The fourth-order valence-corrected chi connectivity index (χ4v) is 4.03. The molecule has 0 saturated heterocycles. The highest BCUT2D eigenvalue weighted by molar-refractivity contribution is 5.97. The van der Waals surface area contributed by atoms with Gasteiger partial charge in [-0.3, -0.25) is 9.69 Å². The van der Waals surface area contributed by atoms with Gasteiger partial charge in [-0.25, -0.2) is 0 Å². The molecule has 0 spiro atoms. The molecule has 0 fully saturated rings. The Morgan fingerprint density at radius 1 is 1.33 bits per heavy atom. The molecule has 2 aromatic rings. The van der Waals surface area contributed by atoms with Gasteiger partial charge in [-0.1, -0.05) is 6.08 Å². The van der Waals surface area contributed by atoms with Gasteiger partial charge in [0.15, 0.2) is 0 Å². The number of fused-ring (bicyclic) bond motifs is 1. The van der Waals surface area contributed by atoms with E-state index in [1.807, 2.05) is 56.3 Å². The lowest BCUT2D eigenvalue weighted by atomic mass is 9.87. The molecule has 2 N–H and O–H groups in total. The third kappa shape index (κ3) is 3.47. The lowest BCUT2D eigenvalue weighted by Crippen LogP contribution is -2.47. The van der Waals surface area contributed by atoms with Crippen LogP contribution >= 0.6 is 0 Å². The van der Waals surface area contributed by atoms with Crippen molar-refractivity contribution in [1.82, 2.24) is 14.8 Å². The molecule has 1 aliphatic heterocycles. The highest BCUT2D eigenvalue weighted by Gasteiger charge is 2.33. The first-order valence-electron chi connectivity index (χ1n) is 9.51. The van der Waals surface area contributed by atoms with Crippen LogP contribution in [0.15, 0.2) is 30.5 Å². The number of aliphatic hydroxyl groups is 1. The molecule has 1 aromatic heterocycles. The van der Waals surface area contributed by atoms with Crippen molar-refractivity contribution in [1.29, 1.82) is 0 Å². The number of likely N-dealkylation sites (N-methyl/N-ethyl adjacent to an activating group) is 1. The van der Waals surface area contributed by atoms with Gasteiger partial charge in [0.25, 0.3) is 0 Å². The number of aliphatic hydroxyl groups excluding tert-OH is 1. The first kappa shape index (κ1) is 19.5. The van der Waals surface area contributed by atoms with Crippen LogP contribution in [-0.4, -0.2) is 72.2 Å². The minimum Gasteiger partial charge on any atom is -0.496 e. The van der Waals surface area contributed by atoms with Crippen molar-refractivity contribution in [2.45, 2.75) is 19.9 Å². The number of nitrogens with zero attached hydrogens (tertiary/aromatic N) is 2. The molecule has 1 amide bonds. The van der Waals surface area contributed by atoms with E-state index < -0.39 is 0 Å². The summed E-state index contributed by atoms with van der Waals surface area (Å²) >= 11 is 0. The minimum absolute atomic E-state index is 0.00272. The summed E-state index contributed by atoms with van der Waals surface area (Å²) in [6, 6.07) is 5.78. The van der Waals surface area contributed by atoms with E-state index in [2.05, 4.69) is 9.88 Å². The van der Waals surface area contributed by atoms with Crippen LogP contribution in [0.1, 0.15) is 19.4 Å². The van der Waals surface area contributed by atoms with E-state index in [0.717, 1.165) is 27.8 Å². The van der Waals surface area contributed by atoms with E-state index in [4.69, 9.17) is 4.74 Å². The molecule has 3 rings (SSSR count). The Bertz CT molecular complexity index is 838. The number of aromatic amines is 1. The Morgan fingerprint density at radius 2 is 2.07 bits per heavy atom. The van der Waals surface area contributed by atoms with Crippen LogP contribution in [0.4, 0.5) is 0 Å². The Hall–Kier alpha value is -2.31. The third-order valence-electron chi connectivity index (χ3n) is 5.54. The monoisotopic (exact) mass is 371 g/mol. The number of benzene rings is 1. The number of hydrogen-bond donors (Lipinski definition) is 2. The molecule has 0 radical (unpaired) electrons. The molecule has 0 saturated carbocycles. The maximum absolute atomic E-state index is 13.0. The van der Waals surface area contributed by atoms with E-state index in [1.54, 1.807) is 7.11 Å². The number of hydrogen-bond acceptors (Lipinski definition) is 4. The zero-order chi connectivity index (χ0) is 19.6. The summed E-state index contributed by atoms with van der Waals surface area (Å²) in [6.45, 7) is 6.01. The van der Waals surface area contributed by atoms with Crippen LogP contribution in [0.5, 0.6) is 5.75 Å². The van der Waals surface area contributed by atoms with Crippen molar-refractivity contribution in [3.05, 3.63) is 36.0 Å². The SMILES string of the molecule is CCN(CC)C(=O)C1C=C(c2ccc(OC)c3cc[nH]c23)[C@H](CO)N(C)C1. The molecular formula is C21H29N3O3. The molecule has 27 heavy (non-hydrogen) atoms. The molecule has 2 heterocycles. The first-order chi connectivity index (χ1) is 13.0. The number of methoxy groups -OCH3 is 1. The smallest absolute Gasteiger partial charge is 0.230 e. The number of nitrogens with one attached hydrogen (secondary N) is 1. The van der Waals surface area contributed by atoms with Crippen LogP contribution < -0.4 is 4.74 Å². The fourth-order valence-electron chi connectivity index (χ4n) is 4.03. The number of aromatic nitrogens is 1. The summed E-state index contributed by atoms with van der Waals surface area (Å²) in [4.78, 5) is 20.2. The van der Waals surface area contributed by atoms with Gasteiger partial charge in [0.2, 0.25) is 5.91 Å². The van der Waals surface area contributed by atoms with Crippen molar-refractivity contribution in [3.8, 4) is 5.75 Å². The van der Waals surface area contributed by atoms with Crippen LogP contribution in [0, 0.1) is 5.92 Å². The number of amides is 1. The zero-order valence-electron chi connectivity index (χ0n) is 16.5. The van der Waals surface area contributed by atoms with Gasteiger partial charge in [0.1, 0.15) is 5.75 Å². The summed E-state index contributed by atoms with van der Waals surface area (Å²) in [5, 5.41) is 11.0. The van der Waals surface area contributed by atoms with Crippen molar-refractivity contribution >= 4 is 22.4 Å². The van der Waals surface area contributed by atoms with E-state index in [-0.39, 0.29) is 24.5 Å². The van der Waals surface area contributed by atoms with Crippen LogP contribution in [0.2, 0.25) is 0 Å². The number of rotatable bonds is 6. The van der Waals surface area contributed by atoms with E-state index >= 15 is 0 Å². The summed E-state index contributed by atoms with van der Waals surface area (Å²) in [5.41, 5.74) is 2.94. The molecule has 6 heteroatoms. The average Bonchev–Trinajstić information content (AvgIpc) is 3.17. The Kier molecular flexibility index (Phi) is 5.87. The lowest BCUT2D eigenvalue weighted by Gasteiger charge is -2.37. The number of carbonyl (C=O) groups is 1. The Labute approximate surface area is 160 Å². The molecule has 0 bridgehead atoms. The molecular weight excluding hydrogens is 342 g/mol. The molecule has 1 unspecified atom stereocenters. The van der Waals surface area contributed by atoms with Gasteiger partial charge in [-0.15, -0.1) is 0 Å². The molecule has 0 aliphatic carbocycles. The van der Waals surface area contributed by atoms with E-state index in [1.165, 1.54) is 0 Å². The van der Waals surface area contributed by atoms with Gasteiger partial charge < -0.3 is 19.7 Å². The number of H-pyrrole nitrogens is 1. The molecule has 6 nitrogen and oxygen atoms in total. The van der Waals surface area contributed by atoms with Crippen LogP contribution in [-0.2, 0) is 4.79 Å².